The van der Waals surface area contributed by atoms with E-state index < -0.39 is 6.04 Å². The third kappa shape index (κ3) is 3.78. The molecule has 0 aliphatic carbocycles. The molecule has 1 atom stereocenters. The Kier molecular flexibility index (Phi) is 5.17. The summed E-state index contributed by atoms with van der Waals surface area (Å²) in [6.07, 6.45) is 5.15. The molecule has 0 bridgehead atoms. The summed E-state index contributed by atoms with van der Waals surface area (Å²) in [6, 6.07) is 12.6. The zero-order valence-corrected chi connectivity index (χ0v) is 16.0. The van der Waals surface area contributed by atoms with Gasteiger partial charge in [-0.3, -0.25) is 15.1 Å². The van der Waals surface area contributed by atoms with Crippen molar-refractivity contribution in [2.75, 3.05) is 14.2 Å². The zero-order valence-electron chi connectivity index (χ0n) is 16.0. The van der Waals surface area contributed by atoms with E-state index in [0.29, 0.717) is 28.8 Å². The van der Waals surface area contributed by atoms with Crippen LogP contribution in [0, 0.1) is 0 Å². The van der Waals surface area contributed by atoms with Crippen molar-refractivity contribution in [3.63, 3.8) is 0 Å². The molecule has 146 valence electrons. The van der Waals surface area contributed by atoms with Crippen LogP contribution in [0.3, 0.4) is 0 Å². The molecule has 0 spiro atoms. The third-order valence-corrected chi connectivity index (χ3v) is 4.53. The predicted octanol–water partition coefficient (Wildman–Crippen LogP) is 2.99. The number of pyridine rings is 2. The molecule has 0 radical (unpaired) electrons. The van der Waals surface area contributed by atoms with Gasteiger partial charge in [0.2, 0.25) is 0 Å². The number of aromatic amines is 1. The summed E-state index contributed by atoms with van der Waals surface area (Å²) in [7, 11) is 3.20. The second-order valence-electron chi connectivity index (χ2n) is 6.31. The molecule has 0 amide bonds. The first-order chi connectivity index (χ1) is 14.2. The van der Waals surface area contributed by atoms with Gasteiger partial charge in [-0.05, 0) is 35.9 Å². The topological polar surface area (TPSA) is 112 Å². The van der Waals surface area contributed by atoms with Gasteiger partial charge < -0.3 is 15.2 Å². The lowest BCUT2D eigenvalue weighted by Crippen LogP contribution is -2.15. The number of hydrogen-bond acceptors (Lipinski definition) is 7. The number of nitrogens with one attached hydrogen (secondary N) is 1. The van der Waals surface area contributed by atoms with Crippen molar-refractivity contribution in [2.45, 2.75) is 6.04 Å². The number of ether oxygens (including phenoxy) is 2. The van der Waals surface area contributed by atoms with Gasteiger partial charge in [0.25, 0.3) is 0 Å². The number of methoxy groups -OCH3 is 2. The molecule has 3 aromatic heterocycles. The average molecular weight is 388 g/mol. The predicted molar refractivity (Wildman–Crippen MR) is 108 cm³/mol. The third-order valence-electron chi connectivity index (χ3n) is 4.53. The number of H-pyrrole nitrogens is 1. The van der Waals surface area contributed by atoms with Gasteiger partial charge in [-0.15, -0.1) is 0 Å². The summed E-state index contributed by atoms with van der Waals surface area (Å²) in [6.45, 7) is 0. The van der Waals surface area contributed by atoms with Crippen molar-refractivity contribution < 1.29 is 9.47 Å². The lowest BCUT2D eigenvalue weighted by Gasteiger charge is -2.14. The highest BCUT2D eigenvalue weighted by atomic mass is 16.5. The second-order valence-corrected chi connectivity index (χ2v) is 6.31. The molecule has 0 aliphatic heterocycles. The quantitative estimate of drug-likeness (QED) is 0.522. The Morgan fingerprint density at radius 2 is 1.76 bits per heavy atom. The molecule has 3 heterocycles. The fourth-order valence-corrected chi connectivity index (χ4v) is 3.03. The van der Waals surface area contributed by atoms with E-state index in [2.05, 4.69) is 25.1 Å². The summed E-state index contributed by atoms with van der Waals surface area (Å²) in [5.41, 5.74) is 9.55. The van der Waals surface area contributed by atoms with Gasteiger partial charge in [-0.25, -0.2) is 4.98 Å². The smallest absolute Gasteiger partial charge is 0.181 e. The first-order valence-electron chi connectivity index (χ1n) is 8.96. The number of nitrogens with zero attached hydrogens (tertiary/aromatic N) is 4. The maximum atomic E-state index is 6.45. The number of rotatable bonds is 6. The Morgan fingerprint density at radius 1 is 1.00 bits per heavy atom. The van der Waals surface area contributed by atoms with E-state index in [4.69, 9.17) is 15.2 Å². The number of nitrogens with two attached hydrogens (primary N) is 1. The Hall–Kier alpha value is -3.78. The van der Waals surface area contributed by atoms with Crippen LogP contribution in [0.5, 0.6) is 11.5 Å². The molecule has 8 nitrogen and oxygen atoms in total. The normalized spacial score (nSPS) is 11.8. The van der Waals surface area contributed by atoms with E-state index in [-0.39, 0.29) is 0 Å². The lowest BCUT2D eigenvalue weighted by molar-refractivity contribution is 0.394. The van der Waals surface area contributed by atoms with E-state index in [1.807, 2.05) is 36.4 Å². The van der Waals surface area contributed by atoms with E-state index >= 15 is 0 Å². The summed E-state index contributed by atoms with van der Waals surface area (Å²) in [5, 5.41) is 7.35. The molecule has 0 aliphatic rings. The highest BCUT2D eigenvalue weighted by molar-refractivity contribution is 5.66. The molecule has 0 fully saturated rings. The number of hydrogen-bond donors (Lipinski definition) is 2. The second kappa shape index (κ2) is 8.07. The van der Waals surface area contributed by atoms with Crippen molar-refractivity contribution >= 4 is 0 Å². The maximum absolute atomic E-state index is 6.45. The van der Waals surface area contributed by atoms with Gasteiger partial charge in [0.05, 0.1) is 26.0 Å². The number of benzene rings is 1. The summed E-state index contributed by atoms with van der Waals surface area (Å²) in [5.74, 6) is 2.41. The van der Waals surface area contributed by atoms with Crippen molar-refractivity contribution in [3.8, 4) is 34.3 Å². The molecule has 4 rings (SSSR count). The molecule has 0 saturated heterocycles. The van der Waals surface area contributed by atoms with Crippen molar-refractivity contribution in [3.05, 3.63) is 72.3 Å². The van der Waals surface area contributed by atoms with Crippen LogP contribution in [-0.4, -0.2) is 39.4 Å². The van der Waals surface area contributed by atoms with E-state index in [1.165, 1.54) is 0 Å². The largest absolute Gasteiger partial charge is 0.497 e. The molecule has 29 heavy (non-hydrogen) atoms. The molecule has 0 saturated carbocycles. The van der Waals surface area contributed by atoms with Gasteiger partial charge in [-0.1, -0.05) is 6.07 Å². The van der Waals surface area contributed by atoms with Crippen LogP contribution in [0.25, 0.3) is 22.8 Å². The Bertz CT molecular complexity index is 1090. The summed E-state index contributed by atoms with van der Waals surface area (Å²) >= 11 is 0. The molecule has 4 aromatic rings. The fourth-order valence-electron chi connectivity index (χ4n) is 3.03. The van der Waals surface area contributed by atoms with Crippen LogP contribution in [0.2, 0.25) is 0 Å². The summed E-state index contributed by atoms with van der Waals surface area (Å²) in [4.78, 5) is 13.3. The van der Waals surface area contributed by atoms with E-state index in [9.17, 15) is 0 Å². The van der Waals surface area contributed by atoms with Crippen molar-refractivity contribution in [1.82, 2.24) is 25.1 Å². The van der Waals surface area contributed by atoms with Gasteiger partial charge in [-0.2, -0.15) is 5.10 Å². The highest BCUT2D eigenvalue weighted by Crippen LogP contribution is 2.30. The molecule has 3 N–H and O–H groups in total. The van der Waals surface area contributed by atoms with E-state index in [1.54, 1.807) is 38.9 Å². The highest BCUT2D eigenvalue weighted by Gasteiger charge is 2.19. The fraction of sp³-hybridized carbons (Fsp3) is 0.143. The molecule has 1 aromatic carbocycles. The van der Waals surface area contributed by atoms with Crippen LogP contribution in [-0.2, 0) is 0 Å². The van der Waals surface area contributed by atoms with Crippen LogP contribution >= 0.6 is 0 Å². The SMILES string of the molecule is COc1cc(OC)cc(-c2n[nH]c(-c3cccnc3C(N)c3cccnc3)n2)c1. The minimum atomic E-state index is -0.439. The monoisotopic (exact) mass is 388 g/mol. The minimum absolute atomic E-state index is 0.439. The molecular weight excluding hydrogens is 368 g/mol. The van der Waals surface area contributed by atoms with Gasteiger partial charge in [0.15, 0.2) is 11.6 Å². The van der Waals surface area contributed by atoms with Gasteiger partial charge in [0.1, 0.15) is 11.5 Å². The average Bonchev–Trinajstić information content (AvgIpc) is 3.29. The van der Waals surface area contributed by atoms with Crippen molar-refractivity contribution in [2.24, 2.45) is 5.73 Å². The Morgan fingerprint density at radius 3 is 2.45 bits per heavy atom. The van der Waals surface area contributed by atoms with Crippen LogP contribution in [0.1, 0.15) is 17.3 Å². The first-order valence-corrected chi connectivity index (χ1v) is 8.96. The van der Waals surface area contributed by atoms with Crippen LogP contribution < -0.4 is 15.2 Å². The number of aromatic nitrogens is 5. The van der Waals surface area contributed by atoms with Gasteiger partial charge in [0, 0.05) is 35.8 Å². The summed E-state index contributed by atoms with van der Waals surface area (Å²) < 4.78 is 10.7. The Balaban J connectivity index is 1.73. The maximum Gasteiger partial charge on any atom is 0.181 e. The molecule has 1 unspecified atom stereocenters. The van der Waals surface area contributed by atoms with E-state index in [0.717, 1.165) is 16.7 Å². The van der Waals surface area contributed by atoms with Crippen LogP contribution in [0.15, 0.2) is 61.1 Å². The lowest BCUT2D eigenvalue weighted by atomic mass is 10.0. The Labute approximate surface area is 167 Å². The minimum Gasteiger partial charge on any atom is -0.497 e. The molecular formula is C21H20N6O2. The van der Waals surface area contributed by atoms with Crippen LogP contribution in [0.4, 0.5) is 0 Å². The molecule has 8 heteroatoms. The zero-order chi connectivity index (χ0) is 20.2. The first kappa shape index (κ1) is 18.6. The standard InChI is InChI=1S/C21H20N6O2/c1-28-15-9-14(10-16(11-15)29-2)20-25-21(27-26-20)17-6-4-8-24-19(17)18(22)13-5-3-7-23-12-13/h3-12,18H,22H2,1-2H3,(H,25,26,27). The van der Waals surface area contributed by atoms with Gasteiger partial charge >= 0.3 is 0 Å². The van der Waals surface area contributed by atoms with Crippen molar-refractivity contribution in [1.29, 1.82) is 0 Å².